The molecular weight excluding hydrogens is 346 g/mol. The molecule has 0 spiro atoms. The molecule has 1 aromatic rings. The van der Waals surface area contributed by atoms with Crippen molar-refractivity contribution in [2.24, 2.45) is 11.8 Å². The number of nitrogens with one attached hydrogen (secondary N) is 1. The second-order valence-corrected chi connectivity index (χ2v) is 8.02. The highest BCUT2D eigenvalue weighted by Crippen LogP contribution is 2.43. The van der Waals surface area contributed by atoms with Crippen LogP contribution in [0, 0.1) is 11.8 Å². The van der Waals surface area contributed by atoms with E-state index in [0.717, 1.165) is 42.7 Å². The summed E-state index contributed by atoms with van der Waals surface area (Å²) in [5.74, 6) is 0.452. The molecule has 0 bridgehead atoms. The van der Waals surface area contributed by atoms with E-state index in [4.69, 9.17) is 14.6 Å². The molecule has 4 rings (SSSR count). The van der Waals surface area contributed by atoms with Crippen molar-refractivity contribution in [3.63, 3.8) is 0 Å². The van der Waals surface area contributed by atoms with Gasteiger partial charge in [-0.3, -0.25) is 9.59 Å². The molecule has 146 valence electrons. The Labute approximate surface area is 159 Å². The summed E-state index contributed by atoms with van der Waals surface area (Å²) in [6, 6.07) is 6.00. The van der Waals surface area contributed by atoms with E-state index >= 15 is 0 Å². The van der Waals surface area contributed by atoms with Gasteiger partial charge in [0.05, 0.1) is 11.5 Å². The van der Waals surface area contributed by atoms with Crippen LogP contribution < -0.4 is 14.8 Å². The Kier molecular flexibility index (Phi) is 4.98. The summed E-state index contributed by atoms with van der Waals surface area (Å²) >= 11 is 0. The number of hydrogen-bond donors (Lipinski definition) is 2. The molecule has 2 fully saturated rings. The summed E-state index contributed by atoms with van der Waals surface area (Å²) in [4.78, 5) is 24.1. The summed E-state index contributed by atoms with van der Waals surface area (Å²) < 4.78 is 11.4. The van der Waals surface area contributed by atoms with E-state index in [1.165, 1.54) is 0 Å². The van der Waals surface area contributed by atoms with Gasteiger partial charge in [0, 0.05) is 5.92 Å². The maximum atomic E-state index is 13.0. The summed E-state index contributed by atoms with van der Waals surface area (Å²) in [5.41, 5.74) is 0.730. The van der Waals surface area contributed by atoms with E-state index in [1.807, 2.05) is 18.2 Å². The Balaban J connectivity index is 1.49. The zero-order chi connectivity index (χ0) is 18.9. The smallest absolute Gasteiger partial charge is 0.306 e. The van der Waals surface area contributed by atoms with E-state index in [9.17, 15) is 9.59 Å². The number of aliphatic carboxylic acids is 1. The third-order valence-corrected chi connectivity index (χ3v) is 6.36. The predicted octanol–water partition coefficient (Wildman–Crippen LogP) is 3.23. The Bertz CT molecular complexity index is 717. The van der Waals surface area contributed by atoms with Crippen molar-refractivity contribution in [3.05, 3.63) is 23.8 Å². The average Bonchev–Trinajstić information content (AvgIpc) is 3.17. The SMILES string of the molecule is O=C(O)C1CCC(C(=O)NC2(c3ccc4c(c3)OCCO4)CCCC2)CC1. The number of fused-ring (bicyclic) bond motifs is 1. The van der Waals surface area contributed by atoms with E-state index < -0.39 is 5.97 Å². The van der Waals surface area contributed by atoms with Gasteiger partial charge in [-0.05, 0) is 56.2 Å². The Morgan fingerprint density at radius 2 is 1.59 bits per heavy atom. The second kappa shape index (κ2) is 7.41. The lowest BCUT2D eigenvalue weighted by molar-refractivity contribution is -0.144. The molecule has 1 aromatic carbocycles. The van der Waals surface area contributed by atoms with Crippen LogP contribution in [-0.4, -0.2) is 30.2 Å². The minimum Gasteiger partial charge on any atom is -0.486 e. The van der Waals surface area contributed by atoms with Crippen LogP contribution in [0.3, 0.4) is 0 Å². The molecule has 0 saturated heterocycles. The van der Waals surface area contributed by atoms with Crippen LogP contribution in [0.5, 0.6) is 11.5 Å². The van der Waals surface area contributed by atoms with Crippen molar-refractivity contribution < 1.29 is 24.2 Å². The first-order valence-electron chi connectivity index (χ1n) is 10.0. The first kappa shape index (κ1) is 18.1. The molecule has 1 aliphatic heterocycles. The van der Waals surface area contributed by atoms with E-state index in [2.05, 4.69) is 5.32 Å². The molecule has 6 heteroatoms. The summed E-state index contributed by atoms with van der Waals surface area (Å²) in [6.45, 7) is 1.11. The van der Waals surface area contributed by atoms with Gasteiger partial charge in [-0.15, -0.1) is 0 Å². The van der Waals surface area contributed by atoms with Crippen LogP contribution in [0.4, 0.5) is 0 Å². The van der Waals surface area contributed by atoms with Gasteiger partial charge in [0.1, 0.15) is 13.2 Å². The Morgan fingerprint density at radius 1 is 0.963 bits per heavy atom. The molecule has 2 N–H and O–H groups in total. The van der Waals surface area contributed by atoms with Crippen LogP contribution >= 0.6 is 0 Å². The number of hydrogen-bond acceptors (Lipinski definition) is 4. The van der Waals surface area contributed by atoms with Crippen LogP contribution in [0.25, 0.3) is 0 Å². The van der Waals surface area contributed by atoms with E-state index in [-0.39, 0.29) is 23.3 Å². The zero-order valence-corrected chi connectivity index (χ0v) is 15.5. The normalized spacial score (nSPS) is 26.4. The number of carbonyl (C=O) groups is 2. The van der Waals surface area contributed by atoms with Crippen molar-refractivity contribution in [1.29, 1.82) is 0 Å². The van der Waals surface area contributed by atoms with Crippen molar-refractivity contribution in [2.45, 2.75) is 56.9 Å². The van der Waals surface area contributed by atoms with E-state index in [1.54, 1.807) is 0 Å². The Morgan fingerprint density at radius 3 is 2.26 bits per heavy atom. The van der Waals surface area contributed by atoms with Gasteiger partial charge < -0.3 is 19.9 Å². The van der Waals surface area contributed by atoms with Gasteiger partial charge >= 0.3 is 5.97 Å². The van der Waals surface area contributed by atoms with Crippen molar-refractivity contribution in [3.8, 4) is 11.5 Å². The molecule has 27 heavy (non-hydrogen) atoms. The molecule has 6 nitrogen and oxygen atoms in total. The molecule has 3 aliphatic rings. The Hall–Kier alpha value is -2.24. The average molecular weight is 373 g/mol. The minimum atomic E-state index is -0.739. The summed E-state index contributed by atoms with van der Waals surface area (Å²) in [7, 11) is 0. The van der Waals surface area contributed by atoms with Gasteiger partial charge in [0.15, 0.2) is 11.5 Å². The van der Waals surface area contributed by atoms with Gasteiger partial charge in [0.2, 0.25) is 5.91 Å². The highest BCUT2D eigenvalue weighted by molar-refractivity contribution is 5.80. The fraction of sp³-hybridized carbons (Fsp3) is 0.619. The largest absolute Gasteiger partial charge is 0.486 e. The first-order chi connectivity index (χ1) is 13.1. The maximum absolute atomic E-state index is 13.0. The monoisotopic (exact) mass is 373 g/mol. The van der Waals surface area contributed by atoms with Crippen molar-refractivity contribution in [1.82, 2.24) is 5.32 Å². The van der Waals surface area contributed by atoms with Crippen LogP contribution in [0.2, 0.25) is 0 Å². The third-order valence-electron chi connectivity index (χ3n) is 6.36. The molecule has 1 heterocycles. The number of ether oxygens (including phenoxy) is 2. The lowest BCUT2D eigenvalue weighted by Crippen LogP contribution is -2.47. The van der Waals surface area contributed by atoms with Gasteiger partial charge in [-0.25, -0.2) is 0 Å². The zero-order valence-electron chi connectivity index (χ0n) is 15.5. The maximum Gasteiger partial charge on any atom is 0.306 e. The molecule has 2 saturated carbocycles. The van der Waals surface area contributed by atoms with Crippen LogP contribution in [0.1, 0.15) is 56.9 Å². The highest BCUT2D eigenvalue weighted by Gasteiger charge is 2.40. The van der Waals surface area contributed by atoms with Gasteiger partial charge in [-0.2, -0.15) is 0 Å². The minimum absolute atomic E-state index is 0.0654. The van der Waals surface area contributed by atoms with Crippen molar-refractivity contribution >= 4 is 11.9 Å². The topological polar surface area (TPSA) is 84.9 Å². The number of amides is 1. The molecule has 0 unspecified atom stereocenters. The van der Waals surface area contributed by atoms with Crippen LogP contribution in [-0.2, 0) is 15.1 Å². The van der Waals surface area contributed by atoms with Gasteiger partial charge in [0.25, 0.3) is 0 Å². The quantitative estimate of drug-likeness (QED) is 0.846. The standard InChI is InChI=1S/C21H27NO5/c23-19(14-3-5-15(6-4-14)20(24)25)22-21(9-1-2-10-21)16-7-8-17-18(13-16)27-12-11-26-17/h7-8,13-15H,1-6,9-12H2,(H,22,23)(H,24,25). The molecule has 1 amide bonds. The number of carboxylic acid groups (broad SMARTS) is 1. The third kappa shape index (κ3) is 3.62. The molecule has 0 aromatic heterocycles. The first-order valence-corrected chi connectivity index (χ1v) is 10.0. The molecule has 2 aliphatic carbocycles. The van der Waals surface area contributed by atoms with Crippen molar-refractivity contribution in [2.75, 3.05) is 13.2 Å². The van der Waals surface area contributed by atoms with Gasteiger partial charge in [-0.1, -0.05) is 18.9 Å². The highest BCUT2D eigenvalue weighted by atomic mass is 16.6. The second-order valence-electron chi connectivity index (χ2n) is 8.02. The molecular formula is C21H27NO5. The lowest BCUT2D eigenvalue weighted by Gasteiger charge is -2.35. The number of rotatable bonds is 4. The fourth-order valence-electron chi connectivity index (χ4n) is 4.75. The predicted molar refractivity (Wildman–Crippen MR) is 98.8 cm³/mol. The van der Waals surface area contributed by atoms with Crippen LogP contribution in [0.15, 0.2) is 18.2 Å². The molecule has 0 radical (unpaired) electrons. The number of benzene rings is 1. The number of carboxylic acids is 1. The molecule has 0 atom stereocenters. The lowest BCUT2D eigenvalue weighted by atomic mass is 9.80. The fourth-order valence-corrected chi connectivity index (χ4v) is 4.75. The number of carbonyl (C=O) groups excluding carboxylic acids is 1. The van der Waals surface area contributed by atoms with E-state index in [0.29, 0.717) is 38.9 Å². The summed E-state index contributed by atoms with van der Waals surface area (Å²) in [5, 5.41) is 12.5. The summed E-state index contributed by atoms with van der Waals surface area (Å²) in [6.07, 6.45) is 6.49.